The van der Waals surface area contributed by atoms with E-state index in [2.05, 4.69) is 53.0 Å². The van der Waals surface area contributed by atoms with Gasteiger partial charge in [0.05, 0.1) is 11.7 Å². The Bertz CT molecular complexity index is 1870. The molecule has 0 N–H and O–H groups in total. The van der Waals surface area contributed by atoms with E-state index in [1.807, 2.05) is 30.8 Å². The van der Waals surface area contributed by atoms with Crippen molar-refractivity contribution in [3.63, 3.8) is 0 Å². The lowest BCUT2D eigenvalue weighted by molar-refractivity contribution is -0.139. The molecule has 6 aliphatic rings. The molecule has 262 valence electrons. The maximum atomic E-state index is 13.8. The third-order valence-corrected chi connectivity index (χ3v) is 12.6. The molecule has 4 bridgehead atoms. The zero-order valence-electron chi connectivity index (χ0n) is 30.2. The lowest BCUT2D eigenvalue weighted by Crippen LogP contribution is -2.52. The first-order valence-electron chi connectivity index (χ1n) is 19.0. The van der Waals surface area contributed by atoms with Crippen molar-refractivity contribution in [2.75, 3.05) is 31.1 Å². The first-order chi connectivity index (χ1) is 24.0. The smallest absolute Gasteiger partial charge is 0.223 e. The number of rotatable bonds is 9. The molecule has 0 unspecified atom stereocenters. The summed E-state index contributed by atoms with van der Waals surface area (Å²) in [5.74, 6) is 4.02. The molecule has 4 saturated carbocycles. The molecule has 0 atom stereocenters. The lowest BCUT2D eigenvalue weighted by atomic mass is 9.49. The highest BCUT2D eigenvalue weighted by Crippen LogP contribution is 2.61. The highest BCUT2D eigenvalue weighted by Gasteiger charge is 2.51. The minimum atomic E-state index is 0.0136. The van der Waals surface area contributed by atoms with Gasteiger partial charge in [-0.05, 0) is 137 Å². The fourth-order valence-corrected chi connectivity index (χ4v) is 10.6. The number of nitrogens with zero attached hydrogens (tertiary/aromatic N) is 5. The average molecular weight is 674 g/mol. The molecule has 9 rings (SSSR count). The number of piperazine rings is 1. The van der Waals surface area contributed by atoms with Crippen molar-refractivity contribution < 1.29 is 14.4 Å². The van der Waals surface area contributed by atoms with Crippen molar-refractivity contribution in [3.05, 3.63) is 65.0 Å². The molecule has 1 amide bonds. The lowest BCUT2D eigenvalue weighted by Gasteiger charge is -2.57. The maximum absolute atomic E-state index is 13.8. The van der Waals surface area contributed by atoms with Crippen molar-refractivity contribution in [2.24, 2.45) is 23.2 Å². The van der Waals surface area contributed by atoms with Crippen molar-refractivity contribution in [3.8, 4) is 11.1 Å². The monoisotopic (exact) mass is 673 g/mol. The van der Waals surface area contributed by atoms with Gasteiger partial charge in [0.2, 0.25) is 5.91 Å². The second kappa shape index (κ2) is 12.9. The van der Waals surface area contributed by atoms with Gasteiger partial charge in [-0.1, -0.05) is 11.6 Å². The molecule has 0 radical (unpaired) electrons. The number of carbonyl (C=O) groups excluding carboxylic acids is 3. The summed E-state index contributed by atoms with van der Waals surface area (Å²) in [6.45, 7) is 11.2. The van der Waals surface area contributed by atoms with Gasteiger partial charge in [0.15, 0.2) is 11.6 Å². The van der Waals surface area contributed by atoms with E-state index in [1.54, 1.807) is 6.20 Å². The predicted octanol–water partition coefficient (Wildman–Crippen LogP) is 8.13. The highest BCUT2D eigenvalue weighted by molar-refractivity contribution is 6.09. The van der Waals surface area contributed by atoms with Crippen LogP contribution in [0.25, 0.3) is 22.0 Å². The van der Waals surface area contributed by atoms with Gasteiger partial charge < -0.3 is 9.80 Å². The van der Waals surface area contributed by atoms with Gasteiger partial charge in [0, 0.05) is 74.2 Å². The molecular weight excluding hydrogens is 622 g/mol. The van der Waals surface area contributed by atoms with E-state index in [4.69, 9.17) is 4.98 Å². The number of benzene rings is 1. The molecule has 8 heteroatoms. The number of fused-ring (bicyclic) bond motifs is 1. The van der Waals surface area contributed by atoms with E-state index in [9.17, 15) is 14.4 Å². The minimum absolute atomic E-state index is 0.0136. The fraction of sp³-hybridized carbons (Fsp3) is 0.548. The molecule has 1 aromatic carbocycles. The number of allylic oxidation sites excluding steroid dienone is 4. The van der Waals surface area contributed by atoms with Gasteiger partial charge in [-0.25, -0.2) is 4.98 Å². The first kappa shape index (κ1) is 33.1. The van der Waals surface area contributed by atoms with Crippen LogP contribution in [0.1, 0.15) is 108 Å². The largest absolute Gasteiger partial charge is 0.353 e. The van der Waals surface area contributed by atoms with E-state index >= 15 is 0 Å². The van der Waals surface area contributed by atoms with Gasteiger partial charge in [-0.15, -0.1) is 0 Å². The molecule has 5 fully saturated rings. The summed E-state index contributed by atoms with van der Waals surface area (Å²) in [6, 6.07) is 8.35. The number of ketones is 2. The quantitative estimate of drug-likeness (QED) is 0.213. The van der Waals surface area contributed by atoms with Gasteiger partial charge in [-0.2, -0.15) is 5.10 Å². The van der Waals surface area contributed by atoms with E-state index in [0.717, 1.165) is 94.9 Å². The Labute approximate surface area is 296 Å². The third-order valence-electron chi connectivity index (χ3n) is 12.6. The molecule has 2 aromatic heterocycles. The van der Waals surface area contributed by atoms with Crippen LogP contribution in [0.2, 0.25) is 0 Å². The summed E-state index contributed by atoms with van der Waals surface area (Å²) in [6.07, 6.45) is 15.7. The van der Waals surface area contributed by atoms with Crippen LogP contribution in [-0.4, -0.2) is 63.3 Å². The maximum Gasteiger partial charge on any atom is 0.223 e. The first-order valence-corrected chi connectivity index (χ1v) is 19.0. The summed E-state index contributed by atoms with van der Waals surface area (Å²) < 4.78 is 1.96. The number of hydrogen-bond acceptors (Lipinski definition) is 6. The molecule has 5 aliphatic carbocycles. The van der Waals surface area contributed by atoms with Crippen LogP contribution >= 0.6 is 0 Å². The van der Waals surface area contributed by atoms with Crippen LogP contribution in [0, 0.1) is 23.2 Å². The number of amides is 1. The van der Waals surface area contributed by atoms with Gasteiger partial charge in [0.25, 0.3) is 0 Å². The summed E-state index contributed by atoms with van der Waals surface area (Å²) in [4.78, 5) is 49.4. The Morgan fingerprint density at radius 1 is 0.920 bits per heavy atom. The number of Topliss-reactive ketones (excluding diaryl/α,β-unsaturated/α-hetero) is 2. The molecular formula is C42H51N5O3. The predicted molar refractivity (Wildman–Crippen MR) is 197 cm³/mol. The fourth-order valence-electron chi connectivity index (χ4n) is 10.6. The topological polar surface area (TPSA) is 88.4 Å². The van der Waals surface area contributed by atoms with Crippen molar-refractivity contribution in [1.82, 2.24) is 19.7 Å². The highest BCUT2D eigenvalue weighted by atomic mass is 16.2. The molecule has 3 heterocycles. The van der Waals surface area contributed by atoms with Gasteiger partial charge in [-0.3, -0.25) is 19.1 Å². The Morgan fingerprint density at radius 2 is 1.62 bits per heavy atom. The van der Waals surface area contributed by atoms with Gasteiger partial charge in [0.1, 0.15) is 5.82 Å². The Hall–Kier alpha value is -4.07. The van der Waals surface area contributed by atoms with Crippen molar-refractivity contribution in [1.29, 1.82) is 0 Å². The van der Waals surface area contributed by atoms with Crippen LogP contribution in [0.4, 0.5) is 5.82 Å². The number of carbonyl (C=O) groups is 3. The number of pyridine rings is 1. The van der Waals surface area contributed by atoms with Crippen LogP contribution in [0.15, 0.2) is 59.5 Å². The normalized spacial score (nSPS) is 26.4. The number of aromatic nitrogens is 3. The van der Waals surface area contributed by atoms with E-state index in [-0.39, 0.29) is 29.4 Å². The van der Waals surface area contributed by atoms with Crippen molar-refractivity contribution in [2.45, 2.75) is 97.9 Å². The van der Waals surface area contributed by atoms with Crippen LogP contribution in [0.3, 0.4) is 0 Å². The number of hydrogen-bond donors (Lipinski definition) is 0. The van der Waals surface area contributed by atoms with Crippen LogP contribution in [-0.2, 0) is 9.59 Å². The molecule has 50 heavy (non-hydrogen) atoms. The molecule has 3 aromatic rings. The Balaban J connectivity index is 0.957. The SMILES string of the molecule is CC1=CC(C)=C(CCC(=O)c2cc(-c3ccc(N4CCN(C(=O)CC56CC7CC(CC(C7)C5)C6)CC4)nc3)cc3c2cnn3C(C)C)C(=O)C1. The van der Waals surface area contributed by atoms with Crippen LogP contribution in [0.5, 0.6) is 0 Å². The van der Waals surface area contributed by atoms with Gasteiger partial charge >= 0.3 is 0 Å². The number of anilines is 1. The molecule has 1 aliphatic heterocycles. The third kappa shape index (κ3) is 6.24. The zero-order valence-corrected chi connectivity index (χ0v) is 30.2. The van der Waals surface area contributed by atoms with E-state index < -0.39 is 0 Å². The molecule has 8 nitrogen and oxygen atoms in total. The minimum Gasteiger partial charge on any atom is -0.353 e. The standard InChI is InChI=1S/C42H51N5O3/c1-26(2)47-37-19-33(18-35(36(37)25-44-47)38(48)7-6-34-28(4)13-27(3)14-39(34)49)32-5-8-40(43-24-32)45-9-11-46(12-10-45)41(50)23-42-20-29-15-30(21-42)17-31(16-29)22-42/h5,8,13,18-19,24-26,29-31H,6-7,9-12,14-17,20-23H2,1-4H3. The van der Waals surface area contributed by atoms with E-state index in [1.165, 1.54) is 38.5 Å². The van der Waals surface area contributed by atoms with Crippen molar-refractivity contribution >= 4 is 34.2 Å². The average Bonchev–Trinajstić information content (AvgIpc) is 3.51. The second-order valence-electron chi connectivity index (χ2n) is 16.7. The summed E-state index contributed by atoms with van der Waals surface area (Å²) >= 11 is 0. The van der Waals surface area contributed by atoms with E-state index in [0.29, 0.717) is 24.3 Å². The Kier molecular flexibility index (Phi) is 8.55. The molecule has 1 saturated heterocycles. The second-order valence-corrected chi connectivity index (χ2v) is 16.7. The molecule has 0 spiro atoms. The van der Waals surface area contributed by atoms with Crippen LogP contribution < -0.4 is 4.90 Å². The summed E-state index contributed by atoms with van der Waals surface area (Å²) in [7, 11) is 0. The summed E-state index contributed by atoms with van der Waals surface area (Å²) in [5, 5.41) is 5.48. The zero-order chi connectivity index (χ0) is 34.7. The Morgan fingerprint density at radius 3 is 2.24 bits per heavy atom. The summed E-state index contributed by atoms with van der Waals surface area (Å²) in [5.41, 5.74) is 6.49.